The summed E-state index contributed by atoms with van der Waals surface area (Å²) >= 11 is 7.10. The minimum absolute atomic E-state index is 0.431. The normalized spacial score (nSPS) is 14.7. The van der Waals surface area contributed by atoms with Gasteiger partial charge in [0.2, 0.25) is 0 Å². The molecule has 0 bridgehead atoms. The van der Waals surface area contributed by atoms with Crippen molar-refractivity contribution >= 4 is 28.9 Å². The van der Waals surface area contributed by atoms with Gasteiger partial charge in [0.1, 0.15) is 14.9 Å². The standard InChI is InChI=1S/C10H15ClN2O2S/c1-3-4-10(2,9(14)15)13-6-8-12-5-7(11)16-8/h5,13H,3-4,6H2,1-2H3,(H,14,15). The molecular formula is C10H15ClN2O2S. The Morgan fingerprint density at radius 1 is 1.75 bits per heavy atom. The Bertz CT molecular complexity index is 369. The van der Waals surface area contributed by atoms with Crippen LogP contribution in [0.15, 0.2) is 6.20 Å². The second-order valence-electron chi connectivity index (χ2n) is 3.80. The molecule has 1 aromatic heterocycles. The summed E-state index contributed by atoms with van der Waals surface area (Å²) in [7, 11) is 0. The van der Waals surface area contributed by atoms with Crippen LogP contribution < -0.4 is 5.32 Å². The maximum absolute atomic E-state index is 11.1. The molecule has 1 rings (SSSR count). The van der Waals surface area contributed by atoms with E-state index in [4.69, 9.17) is 16.7 Å². The maximum atomic E-state index is 11.1. The Balaban J connectivity index is 2.60. The van der Waals surface area contributed by atoms with Crippen LogP contribution in [0.4, 0.5) is 0 Å². The molecule has 1 heterocycles. The largest absolute Gasteiger partial charge is 0.480 e. The smallest absolute Gasteiger partial charge is 0.323 e. The highest BCUT2D eigenvalue weighted by Gasteiger charge is 2.31. The number of nitrogens with one attached hydrogen (secondary N) is 1. The van der Waals surface area contributed by atoms with E-state index in [-0.39, 0.29) is 0 Å². The minimum atomic E-state index is -0.896. The number of aromatic nitrogens is 1. The van der Waals surface area contributed by atoms with Crippen LogP contribution in [0, 0.1) is 0 Å². The quantitative estimate of drug-likeness (QED) is 0.827. The Morgan fingerprint density at radius 2 is 2.44 bits per heavy atom. The van der Waals surface area contributed by atoms with Crippen molar-refractivity contribution in [2.45, 2.75) is 38.8 Å². The number of hydrogen-bond acceptors (Lipinski definition) is 4. The van der Waals surface area contributed by atoms with E-state index in [0.29, 0.717) is 17.3 Å². The van der Waals surface area contributed by atoms with Crippen LogP contribution in [0.1, 0.15) is 31.7 Å². The molecule has 0 aromatic carbocycles. The molecule has 6 heteroatoms. The number of aliphatic carboxylic acids is 1. The summed E-state index contributed by atoms with van der Waals surface area (Å²) in [5.41, 5.74) is -0.896. The van der Waals surface area contributed by atoms with Crippen LogP contribution >= 0.6 is 22.9 Å². The predicted molar refractivity (Wildman–Crippen MR) is 64.9 cm³/mol. The molecule has 0 saturated carbocycles. The zero-order chi connectivity index (χ0) is 12.2. The third kappa shape index (κ3) is 3.43. The number of thiazole rings is 1. The molecule has 1 unspecified atom stereocenters. The predicted octanol–water partition coefficient (Wildman–Crippen LogP) is 2.53. The zero-order valence-corrected chi connectivity index (χ0v) is 10.9. The fourth-order valence-corrected chi connectivity index (χ4v) is 2.31. The molecule has 90 valence electrons. The molecule has 2 N–H and O–H groups in total. The van der Waals surface area contributed by atoms with E-state index in [1.54, 1.807) is 13.1 Å². The fraction of sp³-hybridized carbons (Fsp3) is 0.600. The molecule has 0 aliphatic rings. The molecule has 4 nitrogen and oxygen atoms in total. The van der Waals surface area contributed by atoms with E-state index in [0.717, 1.165) is 11.4 Å². The Morgan fingerprint density at radius 3 is 2.88 bits per heavy atom. The first-order valence-corrected chi connectivity index (χ1v) is 6.26. The second-order valence-corrected chi connectivity index (χ2v) is 5.55. The number of halogens is 1. The lowest BCUT2D eigenvalue weighted by Gasteiger charge is -2.25. The molecule has 0 spiro atoms. The van der Waals surface area contributed by atoms with Crippen molar-refractivity contribution in [3.05, 3.63) is 15.5 Å². The average molecular weight is 263 g/mol. The van der Waals surface area contributed by atoms with Crippen LogP contribution in [0.25, 0.3) is 0 Å². The fourth-order valence-electron chi connectivity index (χ4n) is 1.41. The summed E-state index contributed by atoms with van der Waals surface area (Å²) in [6.07, 6.45) is 2.97. The number of hydrogen-bond donors (Lipinski definition) is 2. The highest BCUT2D eigenvalue weighted by molar-refractivity contribution is 7.15. The molecule has 0 aliphatic carbocycles. The van der Waals surface area contributed by atoms with Gasteiger partial charge in [0.15, 0.2) is 0 Å². The van der Waals surface area contributed by atoms with Gasteiger partial charge in [0.25, 0.3) is 0 Å². The Labute approximate surface area is 104 Å². The number of rotatable bonds is 6. The third-order valence-corrected chi connectivity index (χ3v) is 3.49. The average Bonchev–Trinajstić information content (AvgIpc) is 2.61. The van der Waals surface area contributed by atoms with E-state index in [1.165, 1.54) is 11.3 Å². The van der Waals surface area contributed by atoms with Crippen molar-refractivity contribution in [2.75, 3.05) is 0 Å². The molecule has 16 heavy (non-hydrogen) atoms. The molecule has 0 radical (unpaired) electrons. The Hall–Kier alpha value is -0.650. The lowest BCUT2D eigenvalue weighted by atomic mass is 9.96. The van der Waals surface area contributed by atoms with Crippen molar-refractivity contribution in [1.82, 2.24) is 10.3 Å². The van der Waals surface area contributed by atoms with Crippen LogP contribution in [-0.2, 0) is 11.3 Å². The van der Waals surface area contributed by atoms with E-state index in [1.807, 2.05) is 6.92 Å². The van der Waals surface area contributed by atoms with Gasteiger partial charge in [-0.2, -0.15) is 0 Å². The Kier molecular flexibility index (Phi) is 4.70. The molecular weight excluding hydrogens is 248 g/mol. The van der Waals surface area contributed by atoms with Crippen LogP contribution in [0.3, 0.4) is 0 Å². The van der Waals surface area contributed by atoms with Gasteiger partial charge in [-0.25, -0.2) is 4.98 Å². The first-order chi connectivity index (χ1) is 7.48. The summed E-state index contributed by atoms with van der Waals surface area (Å²) in [4.78, 5) is 15.2. The minimum Gasteiger partial charge on any atom is -0.480 e. The summed E-state index contributed by atoms with van der Waals surface area (Å²) < 4.78 is 0.615. The third-order valence-electron chi connectivity index (χ3n) is 2.38. The zero-order valence-electron chi connectivity index (χ0n) is 9.29. The second kappa shape index (κ2) is 5.61. The summed E-state index contributed by atoms with van der Waals surface area (Å²) in [5, 5.41) is 13.0. The van der Waals surface area contributed by atoms with E-state index < -0.39 is 11.5 Å². The topological polar surface area (TPSA) is 62.2 Å². The molecule has 0 amide bonds. The SMILES string of the molecule is CCCC(C)(NCc1ncc(Cl)s1)C(=O)O. The van der Waals surface area contributed by atoms with Gasteiger partial charge in [0.05, 0.1) is 6.20 Å². The molecule has 0 aliphatic heterocycles. The van der Waals surface area contributed by atoms with Crippen molar-refractivity contribution in [2.24, 2.45) is 0 Å². The first-order valence-electron chi connectivity index (χ1n) is 5.06. The van der Waals surface area contributed by atoms with E-state index >= 15 is 0 Å². The maximum Gasteiger partial charge on any atom is 0.323 e. The summed E-state index contributed by atoms with van der Waals surface area (Å²) in [5.74, 6) is -0.836. The summed E-state index contributed by atoms with van der Waals surface area (Å²) in [6, 6.07) is 0. The number of nitrogens with zero attached hydrogens (tertiary/aromatic N) is 1. The van der Waals surface area contributed by atoms with Gasteiger partial charge < -0.3 is 5.11 Å². The number of carboxylic acids is 1. The number of carboxylic acid groups (broad SMARTS) is 1. The monoisotopic (exact) mass is 262 g/mol. The van der Waals surface area contributed by atoms with Gasteiger partial charge in [-0.3, -0.25) is 10.1 Å². The van der Waals surface area contributed by atoms with Gasteiger partial charge in [0, 0.05) is 6.54 Å². The molecule has 0 saturated heterocycles. The molecule has 0 fully saturated rings. The highest BCUT2D eigenvalue weighted by atomic mass is 35.5. The summed E-state index contributed by atoms with van der Waals surface area (Å²) in [6.45, 7) is 4.08. The van der Waals surface area contributed by atoms with Crippen LogP contribution in [-0.4, -0.2) is 21.6 Å². The van der Waals surface area contributed by atoms with Crippen LogP contribution in [0.5, 0.6) is 0 Å². The van der Waals surface area contributed by atoms with E-state index in [2.05, 4.69) is 10.3 Å². The molecule has 1 aromatic rings. The lowest BCUT2D eigenvalue weighted by Crippen LogP contribution is -2.48. The van der Waals surface area contributed by atoms with Crippen molar-refractivity contribution in [3.8, 4) is 0 Å². The van der Waals surface area contributed by atoms with Gasteiger partial charge in [-0.1, -0.05) is 24.9 Å². The van der Waals surface area contributed by atoms with Gasteiger partial charge >= 0.3 is 5.97 Å². The van der Waals surface area contributed by atoms with Gasteiger partial charge in [-0.15, -0.1) is 11.3 Å². The number of carbonyl (C=O) groups is 1. The van der Waals surface area contributed by atoms with Crippen LogP contribution in [0.2, 0.25) is 4.34 Å². The van der Waals surface area contributed by atoms with E-state index in [9.17, 15) is 4.79 Å². The van der Waals surface area contributed by atoms with Gasteiger partial charge in [-0.05, 0) is 13.3 Å². The first kappa shape index (κ1) is 13.4. The lowest BCUT2D eigenvalue weighted by molar-refractivity contribution is -0.144. The van der Waals surface area contributed by atoms with Crippen molar-refractivity contribution in [1.29, 1.82) is 0 Å². The highest BCUT2D eigenvalue weighted by Crippen LogP contribution is 2.20. The van der Waals surface area contributed by atoms with Crippen molar-refractivity contribution in [3.63, 3.8) is 0 Å². The van der Waals surface area contributed by atoms with Crippen molar-refractivity contribution < 1.29 is 9.90 Å². The molecule has 1 atom stereocenters.